The number of hydrogen-bond acceptors (Lipinski definition) is 3. The maximum atomic E-state index is 12.8. The van der Waals surface area contributed by atoms with Gasteiger partial charge in [-0.2, -0.15) is 5.10 Å². The fourth-order valence-corrected chi connectivity index (χ4v) is 3.37. The van der Waals surface area contributed by atoms with Gasteiger partial charge in [-0.3, -0.25) is 9.59 Å². The molecule has 2 aromatic carbocycles. The average molecular weight is 381 g/mol. The summed E-state index contributed by atoms with van der Waals surface area (Å²) < 4.78 is 1.69. The van der Waals surface area contributed by atoms with E-state index >= 15 is 0 Å². The lowest BCUT2D eigenvalue weighted by atomic mass is 10.1. The highest BCUT2D eigenvalue weighted by Gasteiger charge is 2.24. The number of anilines is 2. The van der Waals surface area contributed by atoms with Crippen LogP contribution in [0.2, 0.25) is 5.02 Å². The monoisotopic (exact) mass is 380 g/mol. The molecule has 6 nitrogen and oxygen atoms in total. The molecule has 0 saturated carbocycles. The van der Waals surface area contributed by atoms with Gasteiger partial charge in [-0.15, -0.1) is 0 Å². The molecule has 4 rings (SSSR count). The van der Waals surface area contributed by atoms with E-state index in [-0.39, 0.29) is 11.8 Å². The number of nitrogens with one attached hydrogen (secondary N) is 1. The average Bonchev–Trinajstić information content (AvgIpc) is 3.34. The van der Waals surface area contributed by atoms with E-state index in [2.05, 4.69) is 10.4 Å². The molecule has 136 valence electrons. The Morgan fingerprint density at radius 1 is 1.11 bits per heavy atom. The van der Waals surface area contributed by atoms with Crippen LogP contribution in [0.1, 0.15) is 23.2 Å². The van der Waals surface area contributed by atoms with Crippen LogP contribution in [0.4, 0.5) is 11.4 Å². The molecule has 0 radical (unpaired) electrons. The first-order valence-corrected chi connectivity index (χ1v) is 9.01. The van der Waals surface area contributed by atoms with Crippen molar-refractivity contribution in [2.24, 2.45) is 0 Å². The van der Waals surface area contributed by atoms with Crippen molar-refractivity contribution in [2.75, 3.05) is 16.8 Å². The number of nitrogens with zero attached hydrogens (tertiary/aromatic N) is 3. The summed E-state index contributed by atoms with van der Waals surface area (Å²) in [6.07, 6.45) is 4.79. The van der Waals surface area contributed by atoms with Crippen LogP contribution in [0.3, 0.4) is 0 Å². The number of rotatable bonds is 4. The minimum Gasteiger partial charge on any atom is -0.320 e. The standard InChI is InChI=1S/C20H17ClN4O2/c21-15-9-8-14(13-18(15)24-11-3-7-19(24)26)20(27)23-16-5-1-2-6-17(16)25-12-4-10-22-25/h1-2,4-6,8-10,12-13H,3,7,11H2,(H,23,27). The maximum Gasteiger partial charge on any atom is 0.255 e. The Morgan fingerprint density at radius 2 is 1.96 bits per heavy atom. The molecule has 2 heterocycles. The molecule has 2 amide bonds. The Morgan fingerprint density at radius 3 is 2.70 bits per heavy atom. The molecule has 1 saturated heterocycles. The minimum absolute atomic E-state index is 0.0264. The van der Waals surface area contributed by atoms with Crippen LogP contribution >= 0.6 is 11.6 Å². The summed E-state index contributed by atoms with van der Waals surface area (Å²) in [4.78, 5) is 26.5. The summed E-state index contributed by atoms with van der Waals surface area (Å²) in [6.45, 7) is 0.617. The quantitative estimate of drug-likeness (QED) is 0.746. The van der Waals surface area contributed by atoms with E-state index in [1.54, 1.807) is 34.0 Å². The van der Waals surface area contributed by atoms with Gasteiger partial charge in [0.2, 0.25) is 5.91 Å². The van der Waals surface area contributed by atoms with Gasteiger partial charge in [0.05, 0.1) is 22.1 Å². The fraction of sp³-hybridized carbons (Fsp3) is 0.150. The third-order valence-electron chi connectivity index (χ3n) is 4.48. The summed E-state index contributed by atoms with van der Waals surface area (Å²) in [6, 6.07) is 14.2. The maximum absolute atomic E-state index is 12.8. The first-order chi connectivity index (χ1) is 13.1. The second-order valence-corrected chi connectivity index (χ2v) is 6.64. The number of carbonyl (C=O) groups excluding carboxylic acids is 2. The first-order valence-electron chi connectivity index (χ1n) is 8.64. The molecule has 7 heteroatoms. The van der Waals surface area contributed by atoms with Gasteiger partial charge in [-0.25, -0.2) is 4.68 Å². The molecular formula is C20H17ClN4O2. The molecule has 3 aromatic rings. The number of benzene rings is 2. The third-order valence-corrected chi connectivity index (χ3v) is 4.80. The predicted octanol–water partition coefficient (Wildman–Crippen LogP) is 3.90. The molecule has 0 atom stereocenters. The second kappa shape index (κ2) is 7.25. The van der Waals surface area contributed by atoms with Crippen molar-refractivity contribution < 1.29 is 9.59 Å². The van der Waals surface area contributed by atoms with Gasteiger partial charge in [-0.1, -0.05) is 23.7 Å². The molecule has 1 aliphatic rings. The van der Waals surface area contributed by atoms with Crippen molar-refractivity contribution >= 4 is 34.8 Å². The normalized spacial score (nSPS) is 13.8. The van der Waals surface area contributed by atoms with Gasteiger partial charge < -0.3 is 10.2 Å². The summed E-state index contributed by atoms with van der Waals surface area (Å²) >= 11 is 6.26. The van der Waals surface area contributed by atoms with E-state index in [0.29, 0.717) is 34.9 Å². The Kier molecular flexibility index (Phi) is 4.64. The summed E-state index contributed by atoms with van der Waals surface area (Å²) in [5.74, 6) is -0.252. The Hall–Kier alpha value is -3.12. The SMILES string of the molecule is O=C(Nc1ccccc1-n1cccn1)c1ccc(Cl)c(N2CCCC2=O)c1. The minimum atomic E-state index is -0.279. The predicted molar refractivity (Wildman–Crippen MR) is 105 cm³/mol. The van der Waals surface area contributed by atoms with E-state index in [1.165, 1.54) is 0 Å². The number of aromatic nitrogens is 2. The van der Waals surface area contributed by atoms with Crippen LogP contribution in [0, 0.1) is 0 Å². The van der Waals surface area contributed by atoms with Crippen molar-refractivity contribution in [1.29, 1.82) is 0 Å². The molecule has 0 aliphatic carbocycles. The lowest BCUT2D eigenvalue weighted by molar-refractivity contribution is -0.117. The lowest BCUT2D eigenvalue weighted by Crippen LogP contribution is -2.24. The van der Waals surface area contributed by atoms with Gasteiger partial charge in [-0.05, 0) is 42.8 Å². The highest BCUT2D eigenvalue weighted by atomic mass is 35.5. The number of halogens is 1. The van der Waals surface area contributed by atoms with Gasteiger partial charge in [0.25, 0.3) is 5.91 Å². The largest absolute Gasteiger partial charge is 0.320 e. The number of hydrogen-bond donors (Lipinski definition) is 1. The van der Waals surface area contributed by atoms with Crippen LogP contribution in [-0.2, 0) is 4.79 Å². The van der Waals surface area contributed by atoms with Gasteiger partial charge >= 0.3 is 0 Å². The van der Waals surface area contributed by atoms with Crippen LogP contribution in [0.25, 0.3) is 5.69 Å². The van der Waals surface area contributed by atoms with Gasteiger partial charge in [0.1, 0.15) is 0 Å². The zero-order valence-electron chi connectivity index (χ0n) is 14.4. The van der Waals surface area contributed by atoms with E-state index in [1.807, 2.05) is 36.5 Å². The lowest BCUT2D eigenvalue weighted by Gasteiger charge is -2.18. The zero-order chi connectivity index (χ0) is 18.8. The summed E-state index contributed by atoms with van der Waals surface area (Å²) in [7, 11) is 0. The van der Waals surface area contributed by atoms with E-state index in [0.717, 1.165) is 12.1 Å². The molecule has 27 heavy (non-hydrogen) atoms. The number of amides is 2. The molecule has 0 unspecified atom stereocenters. The van der Waals surface area contributed by atoms with Crippen LogP contribution in [0.5, 0.6) is 0 Å². The van der Waals surface area contributed by atoms with Crippen molar-refractivity contribution in [3.8, 4) is 5.69 Å². The van der Waals surface area contributed by atoms with Crippen LogP contribution in [0.15, 0.2) is 60.9 Å². The van der Waals surface area contributed by atoms with Crippen LogP contribution in [-0.4, -0.2) is 28.1 Å². The third kappa shape index (κ3) is 3.44. The topological polar surface area (TPSA) is 67.2 Å². The summed E-state index contributed by atoms with van der Waals surface area (Å²) in [5, 5.41) is 7.59. The van der Waals surface area contributed by atoms with Crippen molar-refractivity contribution in [3.05, 3.63) is 71.5 Å². The molecule has 0 spiro atoms. The number of para-hydroxylation sites is 2. The highest BCUT2D eigenvalue weighted by molar-refractivity contribution is 6.34. The Bertz CT molecular complexity index is 1000. The van der Waals surface area contributed by atoms with Crippen LogP contribution < -0.4 is 10.2 Å². The smallest absolute Gasteiger partial charge is 0.255 e. The fourth-order valence-electron chi connectivity index (χ4n) is 3.15. The first kappa shape index (κ1) is 17.3. The van der Waals surface area contributed by atoms with E-state index < -0.39 is 0 Å². The summed E-state index contributed by atoms with van der Waals surface area (Å²) in [5.41, 5.74) is 2.41. The van der Waals surface area contributed by atoms with Crippen molar-refractivity contribution in [1.82, 2.24) is 9.78 Å². The Balaban J connectivity index is 1.62. The number of carbonyl (C=O) groups is 2. The van der Waals surface area contributed by atoms with Crippen molar-refractivity contribution in [3.63, 3.8) is 0 Å². The second-order valence-electron chi connectivity index (χ2n) is 6.24. The van der Waals surface area contributed by atoms with Gasteiger partial charge in [0, 0.05) is 30.9 Å². The molecule has 1 N–H and O–H groups in total. The molecule has 1 aromatic heterocycles. The zero-order valence-corrected chi connectivity index (χ0v) is 15.2. The van der Waals surface area contributed by atoms with E-state index in [9.17, 15) is 9.59 Å². The van der Waals surface area contributed by atoms with Gasteiger partial charge in [0.15, 0.2) is 0 Å². The molecule has 0 bridgehead atoms. The van der Waals surface area contributed by atoms with E-state index in [4.69, 9.17) is 11.6 Å². The van der Waals surface area contributed by atoms with Crippen molar-refractivity contribution in [2.45, 2.75) is 12.8 Å². The Labute approximate surface area is 161 Å². The molecular weight excluding hydrogens is 364 g/mol. The highest BCUT2D eigenvalue weighted by Crippen LogP contribution is 2.31. The molecule has 1 aliphatic heterocycles. The molecule has 1 fully saturated rings.